The molecule has 0 spiro atoms. The molecule has 0 aliphatic carbocycles. The first kappa shape index (κ1) is 10.4. The summed E-state index contributed by atoms with van der Waals surface area (Å²) in [6.45, 7) is 0.501. The number of nitrogens with one attached hydrogen (secondary N) is 1. The number of rotatable bonds is 4. The van der Waals surface area contributed by atoms with Crippen LogP contribution in [0.4, 0.5) is 5.82 Å². The fourth-order valence-corrected chi connectivity index (χ4v) is 1.33. The number of aromatic nitrogens is 1. The van der Waals surface area contributed by atoms with Gasteiger partial charge >= 0.3 is 0 Å². The van der Waals surface area contributed by atoms with Crippen LogP contribution in [-0.4, -0.2) is 4.98 Å². The predicted octanol–water partition coefficient (Wildman–Crippen LogP) is 1.95. The summed E-state index contributed by atoms with van der Waals surface area (Å²) in [5.41, 5.74) is 3.52. The molecule has 1 aromatic heterocycles. The highest BCUT2D eigenvalue weighted by atomic mass is 16.5. The molecule has 0 atom stereocenters. The molecular weight excluding hydrogens is 202 g/mol. The zero-order valence-electron chi connectivity index (χ0n) is 8.76. The van der Waals surface area contributed by atoms with Gasteiger partial charge in [0, 0.05) is 6.20 Å². The van der Waals surface area contributed by atoms with Crippen LogP contribution in [0.3, 0.4) is 0 Å². The third kappa shape index (κ3) is 2.71. The topological polar surface area (TPSA) is 60.2 Å². The zero-order chi connectivity index (χ0) is 11.2. The standard InChI is InChI=1S/C12H13N3O/c13-15-12-8-10(6-7-14-12)9-16-11-4-2-1-3-5-11/h1-8H,9,13H2,(H,14,15). The number of hydrazine groups is 1. The van der Waals surface area contributed by atoms with E-state index >= 15 is 0 Å². The fraction of sp³-hybridized carbons (Fsp3) is 0.0833. The van der Waals surface area contributed by atoms with Crippen LogP contribution in [0.5, 0.6) is 5.75 Å². The molecule has 0 radical (unpaired) electrons. The lowest BCUT2D eigenvalue weighted by Gasteiger charge is -2.06. The van der Waals surface area contributed by atoms with Crippen LogP contribution in [0.1, 0.15) is 5.56 Å². The summed E-state index contributed by atoms with van der Waals surface area (Å²) >= 11 is 0. The molecule has 4 heteroatoms. The van der Waals surface area contributed by atoms with Gasteiger partial charge in [-0.2, -0.15) is 0 Å². The van der Waals surface area contributed by atoms with Crippen LogP contribution in [0.25, 0.3) is 0 Å². The van der Waals surface area contributed by atoms with Crippen LogP contribution in [0, 0.1) is 0 Å². The van der Waals surface area contributed by atoms with E-state index in [0.29, 0.717) is 12.4 Å². The second kappa shape index (κ2) is 5.14. The number of nitrogen functional groups attached to an aromatic ring is 1. The largest absolute Gasteiger partial charge is 0.489 e. The minimum Gasteiger partial charge on any atom is -0.489 e. The van der Waals surface area contributed by atoms with Crippen molar-refractivity contribution in [2.75, 3.05) is 5.43 Å². The van der Waals surface area contributed by atoms with E-state index in [1.54, 1.807) is 6.20 Å². The highest BCUT2D eigenvalue weighted by molar-refractivity contribution is 5.35. The van der Waals surface area contributed by atoms with Gasteiger partial charge in [-0.05, 0) is 29.8 Å². The highest BCUT2D eigenvalue weighted by Gasteiger charge is 1.97. The SMILES string of the molecule is NNc1cc(COc2ccccc2)ccn1. The molecule has 0 saturated heterocycles. The van der Waals surface area contributed by atoms with E-state index in [2.05, 4.69) is 10.4 Å². The highest BCUT2D eigenvalue weighted by Crippen LogP contribution is 2.12. The molecule has 0 amide bonds. The first-order chi connectivity index (χ1) is 7.88. The Balaban J connectivity index is 1.99. The molecule has 82 valence electrons. The average molecular weight is 215 g/mol. The van der Waals surface area contributed by atoms with Gasteiger partial charge in [0.2, 0.25) is 0 Å². The second-order valence-corrected chi connectivity index (χ2v) is 3.30. The summed E-state index contributed by atoms with van der Waals surface area (Å²) in [6.07, 6.45) is 1.69. The summed E-state index contributed by atoms with van der Waals surface area (Å²) in [5.74, 6) is 6.75. The molecule has 0 aliphatic heterocycles. The van der Waals surface area contributed by atoms with E-state index in [0.717, 1.165) is 11.3 Å². The molecule has 0 unspecified atom stereocenters. The molecule has 3 N–H and O–H groups in total. The van der Waals surface area contributed by atoms with Crippen molar-refractivity contribution >= 4 is 5.82 Å². The van der Waals surface area contributed by atoms with Crippen molar-refractivity contribution in [3.8, 4) is 5.75 Å². The number of nitrogens with two attached hydrogens (primary N) is 1. The molecule has 1 aromatic carbocycles. The maximum atomic E-state index is 5.60. The molecule has 0 saturated carbocycles. The van der Waals surface area contributed by atoms with E-state index in [4.69, 9.17) is 10.6 Å². The van der Waals surface area contributed by atoms with E-state index < -0.39 is 0 Å². The molecule has 2 rings (SSSR count). The van der Waals surface area contributed by atoms with Crippen LogP contribution in [-0.2, 0) is 6.61 Å². The number of pyridine rings is 1. The Morgan fingerprint density at radius 3 is 2.75 bits per heavy atom. The van der Waals surface area contributed by atoms with Crippen LogP contribution in [0.2, 0.25) is 0 Å². The number of ether oxygens (including phenoxy) is 1. The van der Waals surface area contributed by atoms with Gasteiger partial charge in [-0.3, -0.25) is 0 Å². The summed E-state index contributed by atoms with van der Waals surface area (Å²) in [7, 11) is 0. The van der Waals surface area contributed by atoms with Crippen LogP contribution in [0.15, 0.2) is 48.7 Å². The van der Waals surface area contributed by atoms with Crippen molar-refractivity contribution < 1.29 is 4.74 Å². The lowest BCUT2D eigenvalue weighted by molar-refractivity contribution is 0.306. The number of hydrogen-bond donors (Lipinski definition) is 2. The van der Waals surface area contributed by atoms with Crippen LogP contribution < -0.4 is 16.0 Å². The summed E-state index contributed by atoms with van der Waals surface area (Å²) in [6, 6.07) is 13.4. The van der Waals surface area contributed by atoms with Crippen molar-refractivity contribution in [2.45, 2.75) is 6.61 Å². The van der Waals surface area contributed by atoms with Gasteiger partial charge < -0.3 is 10.2 Å². The number of para-hydroxylation sites is 1. The number of benzene rings is 1. The second-order valence-electron chi connectivity index (χ2n) is 3.30. The summed E-state index contributed by atoms with van der Waals surface area (Å²) < 4.78 is 5.60. The van der Waals surface area contributed by atoms with Crippen LogP contribution >= 0.6 is 0 Å². The number of anilines is 1. The van der Waals surface area contributed by atoms with Gasteiger partial charge in [0.15, 0.2) is 0 Å². The van der Waals surface area contributed by atoms with Gasteiger partial charge in [-0.1, -0.05) is 18.2 Å². The van der Waals surface area contributed by atoms with Gasteiger partial charge in [0.1, 0.15) is 18.2 Å². The first-order valence-electron chi connectivity index (χ1n) is 4.98. The van der Waals surface area contributed by atoms with Gasteiger partial charge in [-0.25, -0.2) is 10.8 Å². The molecule has 0 bridgehead atoms. The lowest BCUT2D eigenvalue weighted by atomic mass is 10.3. The van der Waals surface area contributed by atoms with E-state index in [-0.39, 0.29) is 0 Å². The molecule has 1 heterocycles. The minimum absolute atomic E-state index is 0.501. The Bertz CT molecular complexity index is 445. The third-order valence-corrected chi connectivity index (χ3v) is 2.12. The summed E-state index contributed by atoms with van der Waals surface area (Å²) in [5, 5.41) is 0. The monoisotopic (exact) mass is 215 g/mol. The molecule has 2 aromatic rings. The van der Waals surface area contributed by atoms with Gasteiger partial charge in [0.05, 0.1) is 0 Å². The molecule has 0 fully saturated rings. The predicted molar refractivity (Wildman–Crippen MR) is 62.8 cm³/mol. The summed E-state index contributed by atoms with van der Waals surface area (Å²) in [4.78, 5) is 4.02. The smallest absolute Gasteiger partial charge is 0.140 e. The van der Waals surface area contributed by atoms with Crippen molar-refractivity contribution in [2.24, 2.45) is 5.84 Å². The number of nitrogens with zero attached hydrogens (tertiary/aromatic N) is 1. The van der Waals surface area contributed by atoms with Gasteiger partial charge in [-0.15, -0.1) is 0 Å². The van der Waals surface area contributed by atoms with Crippen molar-refractivity contribution in [1.82, 2.24) is 4.98 Å². The maximum Gasteiger partial charge on any atom is 0.140 e. The normalized spacial score (nSPS) is 9.81. The average Bonchev–Trinajstić information content (AvgIpc) is 2.38. The Morgan fingerprint density at radius 2 is 2.00 bits per heavy atom. The van der Waals surface area contributed by atoms with Crippen molar-refractivity contribution in [3.05, 3.63) is 54.2 Å². The van der Waals surface area contributed by atoms with Gasteiger partial charge in [0.25, 0.3) is 0 Å². The Labute approximate surface area is 94.0 Å². The Kier molecular flexibility index (Phi) is 3.35. The van der Waals surface area contributed by atoms with E-state index in [1.807, 2.05) is 42.5 Å². The maximum absolute atomic E-state index is 5.60. The fourth-order valence-electron chi connectivity index (χ4n) is 1.33. The molecular formula is C12H13N3O. The van der Waals surface area contributed by atoms with Crippen molar-refractivity contribution in [3.63, 3.8) is 0 Å². The zero-order valence-corrected chi connectivity index (χ0v) is 8.76. The Hall–Kier alpha value is -2.07. The molecule has 4 nitrogen and oxygen atoms in total. The Morgan fingerprint density at radius 1 is 1.19 bits per heavy atom. The van der Waals surface area contributed by atoms with E-state index in [1.165, 1.54) is 0 Å². The first-order valence-corrected chi connectivity index (χ1v) is 4.98. The quantitative estimate of drug-likeness (QED) is 0.604. The third-order valence-electron chi connectivity index (χ3n) is 2.12. The minimum atomic E-state index is 0.501. The number of hydrogen-bond acceptors (Lipinski definition) is 4. The van der Waals surface area contributed by atoms with Crippen molar-refractivity contribution in [1.29, 1.82) is 0 Å². The molecule has 16 heavy (non-hydrogen) atoms. The molecule has 0 aliphatic rings. The lowest BCUT2D eigenvalue weighted by Crippen LogP contribution is -2.08. The van der Waals surface area contributed by atoms with E-state index in [9.17, 15) is 0 Å².